The van der Waals surface area contributed by atoms with Gasteiger partial charge in [-0.2, -0.15) is 0 Å². The van der Waals surface area contributed by atoms with E-state index in [9.17, 15) is 14.0 Å². The van der Waals surface area contributed by atoms with E-state index in [2.05, 4.69) is 5.32 Å². The fourth-order valence-electron chi connectivity index (χ4n) is 5.32. The molecule has 1 aliphatic heterocycles. The Morgan fingerprint density at radius 2 is 1.91 bits per heavy atom. The van der Waals surface area contributed by atoms with Gasteiger partial charge in [0.2, 0.25) is 5.43 Å². The van der Waals surface area contributed by atoms with Crippen LogP contribution in [0.25, 0.3) is 10.9 Å². The number of hydrogen-bond donors (Lipinski definition) is 2. The quantitative estimate of drug-likeness (QED) is 0.310. The van der Waals surface area contributed by atoms with Crippen LogP contribution in [0, 0.1) is 11.6 Å². The van der Waals surface area contributed by atoms with Gasteiger partial charge in [-0.05, 0) is 50.3 Å². The monoisotopic (exact) mass is 467 g/mol. The van der Waals surface area contributed by atoms with Crippen LogP contribution in [0.15, 0.2) is 35.3 Å². The zero-order valence-electron chi connectivity index (χ0n) is 19.0. The summed E-state index contributed by atoms with van der Waals surface area (Å²) in [7, 11) is 0. The first kappa shape index (κ1) is 22.4. The van der Waals surface area contributed by atoms with Crippen molar-refractivity contribution in [3.63, 3.8) is 0 Å². The van der Waals surface area contributed by atoms with Gasteiger partial charge >= 0.3 is 0 Å². The number of nitrogens with one attached hydrogen (secondary N) is 1. The highest BCUT2D eigenvalue weighted by molar-refractivity contribution is 6.04. The van der Waals surface area contributed by atoms with Crippen molar-refractivity contribution >= 4 is 28.1 Å². The standard InChI is InChI=1S/C26H27F2N3O3/c1-15(32)18-13-31-23-19(24(18)33)21(29)20(28)22(25(23)34-14-26(31)10-2-3-11-26)30-12-4-5-16-6-8-17(27)9-7-16/h6-9,13,30H,2-5,10-12,14,29H2,1H3. The first-order valence-electron chi connectivity index (χ1n) is 11.7. The maximum absolute atomic E-state index is 15.5. The summed E-state index contributed by atoms with van der Waals surface area (Å²) in [6.07, 6.45) is 6.67. The molecule has 0 unspecified atom stereocenters. The molecule has 1 spiro atoms. The van der Waals surface area contributed by atoms with Gasteiger partial charge in [0.15, 0.2) is 17.3 Å². The number of halogens is 2. The molecule has 0 bridgehead atoms. The normalized spacial score (nSPS) is 16.1. The largest absolute Gasteiger partial charge is 0.487 e. The number of ether oxygens (including phenoxy) is 1. The molecule has 1 aromatic heterocycles. The van der Waals surface area contributed by atoms with Crippen molar-refractivity contribution in [2.75, 3.05) is 24.2 Å². The number of nitrogens with zero attached hydrogens (tertiary/aromatic N) is 1. The molecule has 1 aliphatic carbocycles. The molecule has 6 nitrogen and oxygen atoms in total. The molecule has 1 fully saturated rings. The average molecular weight is 468 g/mol. The molecular weight excluding hydrogens is 440 g/mol. The van der Waals surface area contributed by atoms with Crippen LogP contribution in [0.3, 0.4) is 0 Å². The highest BCUT2D eigenvalue weighted by Crippen LogP contribution is 2.48. The summed E-state index contributed by atoms with van der Waals surface area (Å²) in [5, 5.41) is 3.11. The number of rotatable bonds is 6. The Balaban J connectivity index is 1.57. The molecule has 0 saturated heterocycles. The van der Waals surface area contributed by atoms with E-state index in [1.54, 1.807) is 18.3 Å². The summed E-state index contributed by atoms with van der Waals surface area (Å²) >= 11 is 0. The predicted octanol–water partition coefficient (Wildman–Crippen LogP) is 4.77. The molecule has 3 aromatic rings. The van der Waals surface area contributed by atoms with Crippen molar-refractivity contribution in [1.82, 2.24) is 4.57 Å². The minimum Gasteiger partial charge on any atom is -0.487 e. The highest BCUT2D eigenvalue weighted by atomic mass is 19.1. The molecule has 1 saturated carbocycles. The number of fused-ring (bicyclic) bond motifs is 1. The number of ketones is 1. The van der Waals surface area contributed by atoms with E-state index in [1.165, 1.54) is 19.1 Å². The van der Waals surface area contributed by atoms with Crippen molar-refractivity contribution in [2.45, 2.75) is 51.0 Å². The lowest BCUT2D eigenvalue weighted by molar-refractivity contribution is 0.101. The first-order chi connectivity index (χ1) is 16.3. The van der Waals surface area contributed by atoms with Crippen molar-refractivity contribution in [3.8, 4) is 5.75 Å². The van der Waals surface area contributed by atoms with E-state index in [0.29, 0.717) is 31.5 Å². The van der Waals surface area contributed by atoms with Gasteiger partial charge in [-0.3, -0.25) is 9.59 Å². The molecule has 34 heavy (non-hydrogen) atoms. The fourth-order valence-corrected chi connectivity index (χ4v) is 5.32. The number of hydrogen-bond acceptors (Lipinski definition) is 5. The van der Waals surface area contributed by atoms with Crippen molar-refractivity contribution < 1.29 is 18.3 Å². The van der Waals surface area contributed by atoms with Gasteiger partial charge in [-0.1, -0.05) is 25.0 Å². The van der Waals surface area contributed by atoms with Gasteiger partial charge < -0.3 is 20.4 Å². The van der Waals surface area contributed by atoms with Crippen LogP contribution in [0.5, 0.6) is 5.75 Å². The van der Waals surface area contributed by atoms with E-state index in [-0.39, 0.29) is 45.2 Å². The molecule has 5 rings (SSSR count). The fraction of sp³-hybridized carbons (Fsp3) is 0.385. The Morgan fingerprint density at radius 3 is 2.59 bits per heavy atom. The van der Waals surface area contributed by atoms with E-state index in [1.807, 2.05) is 4.57 Å². The number of anilines is 2. The Labute approximate surface area is 195 Å². The van der Waals surface area contributed by atoms with Crippen LogP contribution >= 0.6 is 0 Å². The maximum Gasteiger partial charge on any atom is 0.202 e. The Kier molecular flexibility index (Phi) is 5.54. The maximum atomic E-state index is 15.5. The van der Waals surface area contributed by atoms with Crippen LogP contribution in [0.4, 0.5) is 20.2 Å². The Bertz CT molecular complexity index is 1340. The van der Waals surface area contributed by atoms with E-state index in [0.717, 1.165) is 31.2 Å². The van der Waals surface area contributed by atoms with Crippen LogP contribution in [-0.4, -0.2) is 23.5 Å². The molecule has 3 N–H and O–H groups in total. The molecule has 2 aliphatic rings. The molecule has 0 radical (unpaired) electrons. The number of nitrogens with two attached hydrogens (primary N) is 1. The number of pyridine rings is 1. The highest BCUT2D eigenvalue weighted by Gasteiger charge is 2.42. The lowest BCUT2D eigenvalue weighted by atomic mass is 9.93. The lowest BCUT2D eigenvalue weighted by Gasteiger charge is -2.39. The molecular formula is C26H27F2N3O3. The topological polar surface area (TPSA) is 86.4 Å². The average Bonchev–Trinajstić information content (AvgIpc) is 3.28. The molecule has 2 heterocycles. The molecule has 0 amide bonds. The third kappa shape index (κ3) is 3.52. The Morgan fingerprint density at radius 1 is 1.21 bits per heavy atom. The summed E-state index contributed by atoms with van der Waals surface area (Å²) in [6.45, 7) is 2.10. The van der Waals surface area contributed by atoms with Crippen molar-refractivity contribution in [1.29, 1.82) is 0 Å². The van der Waals surface area contributed by atoms with Gasteiger partial charge in [-0.25, -0.2) is 8.78 Å². The third-order valence-electron chi connectivity index (χ3n) is 7.14. The number of Topliss-reactive ketones (excluding diaryl/α,β-unsaturated/α-hetero) is 1. The molecule has 8 heteroatoms. The second-order valence-corrected chi connectivity index (χ2v) is 9.33. The second-order valence-electron chi connectivity index (χ2n) is 9.33. The summed E-state index contributed by atoms with van der Waals surface area (Å²) in [5.74, 6) is -1.16. The molecule has 0 atom stereocenters. The number of carbonyl (C=O) groups is 1. The minimum atomic E-state index is -0.754. The van der Waals surface area contributed by atoms with Crippen molar-refractivity contribution in [3.05, 3.63) is 63.4 Å². The number of aromatic nitrogens is 1. The lowest BCUT2D eigenvalue weighted by Crippen LogP contribution is -2.42. The van der Waals surface area contributed by atoms with Gasteiger partial charge in [-0.15, -0.1) is 0 Å². The zero-order valence-corrected chi connectivity index (χ0v) is 19.0. The SMILES string of the molecule is CC(=O)c1cn2c3c(c(NCCCc4ccc(F)cc4)c(F)c(N)c3c1=O)OCC21CCCC1. The van der Waals surface area contributed by atoms with Crippen LogP contribution in [0.2, 0.25) is 0 Å². The van der Waals surface area contributed by atoms with Crippen LogP contribution < -0.4 is 21.2 Å². The summed E-state index contributed by atoms with van der Waals surface area (Å²) in [5.41, 5.74) is 6.51. The summed E-state index contributed by atoms with van der Waals surface area (Å²) < 4.78 is 36.7. The molecule has 178 valence electrons. The number of carbonyl (C=O) groups excluding carboxylic acids is 1. The third-order valence-corrected chi connectivity index (χ3v) is 7.14. The van der Waals surface area contributed by atoms with Gasteiger partial charge in [0, 0.05) is 12.7 Å². The van der Waals surface area contributed by atoms with Crippen molar-refractivity contribution in [2.24, 2.45) is 0 Å². The number of benzene rings is 2. The summed E-state index contributed by atoms with van der Waals surface area (Å²) in [4.78, 5) is 25.4. The predicted molar refractivity (Wildman–Crippen MR) is 128 cm³/mol. The smallest absolute Gasteiger partial charge is 0.202 e. The van der Waals surface area contributed by atoms with Gasteiger partial charge in [0.1, 0.15) is 18.1 Å². The summed E-state index contributed by atoms with van der Waals surface area (Å²) in [6, 6.07) is 6.28. The number of aryl methyl sites for hydroxylation is 1. The second kappa shape index (κ2) is 8.42. The minimum absolute atomic E-state index is 0.00281. The van der Waals surface area contributed by atoms with Gasteiger partial charge in [0.05, 0.1) is 27.7 Å². The van der Waals surface area contributed by atoms with E-state index >= 15 is 4.39 Å². The van der Waals surface area contributed by atoms with Crippen LogP contribution in [0.1, 0.15) is 54.9 Å². The van der Waals surface area contributed by atoms with Gasteiger partial charge in [0.25, 0.3) is 0 Å². The van der Waals surface area contributed by atoms with Crippen LogP contribution in [-0.2, 0) is 12.0 Å². The van der Waals surface area contributed by atoms with E-state index in [4.69, 9.17) is 10.5 Å². The molecule has 2 aromatic carbocycles. The van der Waals surface area contributed by atoms with E-state index < -0.39 is 11.2 Å². The number of nitrogen functional groups attached to an aromatic ring is 1. The zero-order chi connectivity index (χ0) is 24.0. The first-order valence-corrected chi connectivity index (χ1v) is 11.7. The Hall–Kier alpha value is -3.42.